The van der Waals surface area contributed by atoms with E-state index in [0.717, 1.165) is 54.9 Å². The largest absolute Gasteiger partial charge is 0.323 e. The summed E-state index contributed by atoms with van der Waals surface area (Å²) in [6, 6.07) is 14.9. The maximum Gasteiger partial charge on any atom is 0.323 e. The van der Waals surface area contributed by atoms with E-state index in [2.05, 4.69) is 10.6 Å². The number of nitrogens with zero attached hydrogens (tertiary/aromatic N) is 1. The van der Waals surface area contributed by atoms with Crippen molar-refractivity contribution in [2.24, 2.45) is 5.92 Å². The fourth-order valence-corrected chi connectivity index (χ4v) is 3.27. The molecule has 0 spiro atoms. The number of urea groups is 1. The molecule has 2 aromatic rings. The molecular weight excluding hydrogens is 314 g/mol. The first-order valence-corrected chi connectivity index (χ1v) is 8.78. The van der Waals surface area contributed by atoms with Crippen molar-refractivity contribution >= 4 is 29.0 Å². The van der Waals surface area contributed by atoms with Crippen LogP contribution in [0.1, 0.15) is 24.8 Å². The highest BCUT2D eigenvalue weighted by Crippen LogP contribution is 2.36. The standard InChI is InChI=1S/C20H21N3O2/c24-19(14-8-9-14)23-12-4-5-15-13-17(10-11-18(15)23)22-20(25)21-16-6-2-1-3-7-16/h1-3,6-7,10-11,13-14H,4-5,8-9,12H2,(H2,21,22,25). The topological polar surface area (TPSA) is 61.4 Å². The number of rotatable bonds is 3. The normalized spacial score (nSPS) is 16.1. The Hall–Kier alpha value is -2.82. The molecule has 1 heterocycles. The van der Waals surface area contributed by atoms with Crippen LogP contribution < -0.4 is 15.5 Å². The van der Waals surface area contributed by atoms with Crippen molar-refractivity contribution in [3.05, 3.63) is 54.1 Å². The van der Waals surface area contributed by atoms with Gasteiger partial charge in [0, 0.05) is 29.5 Å². The van der Waals surface area contributed by atoms with Gasteiger partial charge in [0.25, 0.3) is 0 Å². The molecule has 1 fully saturated rings. The molecule has 5 heteroatoms. The van der Waals surface area contributed by atoms with E-state index >= 15 is 0 Å². The Balaban J connectivity index is 1.47. The van der Waals surface area contributed by atoms with Gasteiger partial charge in [0.1, 0.15) is 0 Å². The first-order valence-electron chi connectivity index (χ1n) is 8.78. The maximum atomic E-state index is 12.4. The van der Waals surface area contributed by atoms with E-state index in [1.807, 2.05) is 53.4 Å². The minimum absolute atomic E-state index is 0.223. The summed E-state index contributed by atoms with van der Waals surface area (Å²) < 4.78 is 0. The molecule has 4 rings (SSSR count). The van der Waals surface area contributed by atoms with Gasteiger partial charge in [-0.3, -0.25) is 4.79 Å². The average molecular weight is 335 g/mol. The summed E-state index contributed by atoms with van der Waals surface area (Å²) in [6.07, 6.45) is 3.93. The molecule has 0 bridgehead atoms. The van der Waals surface area contributed by atoms with Gasteiger partial charge in [-0.05, 0) is 61.6 Å². The number of aryl methyl sites for hydroxylation is 1. The smallest absolute Gasteiger partial charge is 0.312 e. The molecule has 3 amide bonds. The first kappa shape index (κ1) is 15.7. The lowest BCUT2D eigenvalue weighted by molar-refractivity contribution is -0.119. The van der Waals surface area contributed by atoms with Crippen LogP contribution in [0.3, 0.4) is 0 Å². The molecule has 1 aliphatic heterocycles. The Bertz CT molecular complexity index is 800. The zero-order valence-corrected chi connectivity index (χ0v) is 14.0. The predicted molar refractivity (Wildman–Crippen MR) is 98.9 cm³/mol. The van der Waals surface area contributed by atoms with Crippen LogP contribution in [0.5, 0.6) is 0 Å². The molecule has 0 atom stereocenters. The third kappa shape index (κ3) is 3.50. The minimum atomic E-state index is -0.270. The Labute approximate surface area is 147 Å². The summed E-state index contributed by atoms with van der Waals surface area (Å²) in [6.45, 7) is 0.795. The van der Waals surface area contributed by atoms with Crippen LogP contribution in [0.15, 0.2) is 48.5 Å². The minimum Gasteiger partial charge on any atom is -0.312 e. The Kier molecular flexibility index (Phi) is 4.14. The summed E-state index contributed by atoms with van der Waals surface area (Å²) in [4.78, 5) is 26.5. The number of hydrogen-bond donors (Lipinski definition) is 2. The van der Waals surface area contributed by atoms with E-state index in [-0.39, 0.29) is 17.9 Å². The molecule has 0 unspecified atom stereocenters. The second-order valence-corrected chi connectivity index (χ2v) is 6.66. The predicted octanol–water partition coefficient (Wildman–Crippen LogP) is 4.02. The SMILES string of the molecule is O=C(Nc1ccccc1)Nc1ccc2c(c1)CCCN2C(=O)C1CC1. The van der Waals surface area contributed by atoms with Crippen LogP contribution >= 0.6 is 0 Å². The van der Waals surface area contributed by atoms with E-state index in [1.165, 1.54) is 0 Å². The number of anilines is 3. The fraction of sp³-hybridized carbons (Fsp3) is 0.300. The molecule has 1 aliphatic carbocycles. The Morgan fingerprint density at radius 3 is 2.48 bits per heavy atom. The number of nitrogens with one attached hydrogen (secondary N) is 2. The lowest BCUT2D eigenvalue weighted by Gasteiger charge is -2.30. The molecule has 5 nitrogen and oxygen atoms in total. The van der Waals surface area contributed by atoms with Crippen molar-refractivity contribution < 1.29 is 9.59 Å². The molecule has 2 aliphatic rings. The van der Waals surface area contributed by atoms with Crippen molar-refractivity contribution in [1.82, 2.24) is 0 Å². The van der Waals surface area contributed by atoms with Crippen LogP contribution in [-0.4, -0.2) is 18.5 Å². The van der Waals surface area contributed by atoms with Crippen molar-refractivity contribution in [3.63, 3.8) is 0 Å². The summed E-state index contributed by atoms with van der Waals surface area (Å²) in [7, 11) is 0. The van der Waals surface area contributed by atoms with Gasteiger partial charge in [0.2, 0.25) is 5.91 Å². The van der Waals surface area contributed by atoms with Crippen LogP contribution in [0.25, 0.3) is 0 Å². The van der Waals surface area contributed by atoms with Crippen LogP contribution in [0.4, 0.5) is 21.9 Å². The van der Waals surface area contributed by atoms with Crippen LogP contribution in [0.2, 0.25) is 0 Å². The monoisotopic (exact) mass is 335 g/mol. The summed E-state index contributed by atoms with van der Waals surface area (Å²) in [5, 5.41) is 5.67. The second kappa shape index (κ2) is 6.59. The summed E-state index contributed by atoms with van der Waals surface area (Å²) in [5.74, 6) is 0.476. The number of amides is 3. The Morgan fingerprint density at radius 2 is 1.72 bits per heavy atom. The third-order valence-corrected chi connectivity index (χ3v) is 4.68. The molecular formula is C20H21N3O2. The van der Waals surface area contributed by atoms with E-state index in [4.69, 9.17) is 0 Å². The van der Waals surface area contributed by atoms with Crippen LogP contribution in [0, 0.1) is 5.92 Å². The Morgan fingerprint density at radius 1 is 0.960 bits per heavy atom. The van der Waals surface area contributed by atoms with E-state index in [9.17, 15) is 9.59 Å². The molecule has 0 saturated heterocycles. The maximum absolute atomic E-state index is 12.4. The number of hydrogen-bond acceptors (Lipinski definition) is 2. The fourth-order valence-electron chi connectivity index (χ4n) is 3.27. The third-order valence-electron chi connectivity index (χ3n) is 4.68. The molecule has 0 radical (unpaired) electrons. The van der Waals surface area contributed by atoms with E-state index < -0.39 is 0 Å². The molecule has 128 valence electrons. The van der Waals surface area contributed by atoms with Gasteiger partial charge >= 0.3 is 6.03 Å². The second-order valence-electron chi connectivity index (χ2n) is 6.66. The number of para-hydroxylation sites is 1. The number of carbonyl (C=O) groups is 2. The number of carbonyl (C=O) groups excluding carboxylic acids is 2. The lowest BCUT2D eigenvalue weighted by atomic mass is 10.0. The van der Waals surface area contributed by atoms with Gasteiger partial charge in [-0.2, -0.15) is 0 Å². The molecule has 2 N–H and O–H groups in total. The highest BCUT2D eigenvalue weighted by atomic mass is 16.2. The molecule has 25 heavy (non-hydrogen) atoms. The summed E-state index contributed by atoms with van der Waals surface area (Å²) in [5.41, 5.74) is 3.61. The van der Waals surface area contributed by atoms with Gasteiger partial charge in [-0.1, -0.05) is 18.2 Å². The molecule has 2 aromatic carbocycles. The van der Waals surface area contributed by atoms with E-state index in [1.54, 1.807) is 0 Å². The van der Waals surface area contributed by atoms with Gasteiger partial charge < -0.3 is 15.5 Å². The van der Waals surface area contributed by atoms with Gasteiger partial charge in [-0.15, -0.1) is 0 Å². The zero-order chi connectivity index (χ0) is 17.2. The lowest BCUT2D eigenvalue weighted by Crippen LogP contribution is -2.36. The number of fused-ring (bicyclic) bond motifs is 1. The van der Waals surface area contributed by atoms with E-state index in [0.29, 0.717) is 0 Å². The van der Waals surface area contributed by atoms with Gasteiger partial charge in [0.15, 0.2) is 0 Å². The average Bonchev–Trinajstić information content (AvgIpc) is 3.46. The van der Waals surface area contributed by atoms with Crippen molar-refractivity contribution in [1.29, 1.82) is 0 Å². The molecule has 0 aromatic heterocycles. The highest BCUT2D eigenvalue weighted by Gasteiger charge is 2.35. The highest BCUT2D eigenvalue weighted by molar-refractivity contribution is 6.01. The van der Waals surface area contributed by atoms with Crippen molar-refractivity contribution in [2.75, 3.05) is 22.1 Å². The quantitative estimate of drug-likeness (QED) is 0.890. The van der Waals surface area contributed by atoms with Crippen molar-refractivity contribution in [2.45, 2.75) is 25.7 Å². The number of benzene rings is 2. The van der Waals surface area contributed by atoms with Crippen molar-refractivity contribution in [3.8, 4) is 0 Å². The molecule has 1 saturated carbocycles. The summed E-state index contributed by atoms with van der Waals surface area (Å²) >= 11 is 0. The zero-order valence-electron chi connectivity index (χ0n) is 14.0. The van der Waals surface area contributed by atoms with Gasteiger partial charge in [0.05, 0.1) is 0 Å². The van der Waals surface area contributed by atoms with Gasteiger partial charge in [-0.25, -0.2) is 4.79 Å². The van der Waals surface area contributed by atoms with Crippen LogP contribution in [-0.2, 0) is 11.2 Å². The first-order chi connectivity index (χ1) is 12.2.